The molecular formula is H6CoO5Zn. The van der Waals surface area contributed by atoms with Crippen molar-refractivity contribution in [3.05, 3.63) is 0 Å². The smallest absolute Gasteiger partial charge is 0.870 e. The van der Waals surface area contributed by atoms with Crippen LogP contribution in [0.25, 0.3) is 0 Å². The van der Waals surface area contributed by atoms with Gasteiger partial charge in [-0.05, 0) is 0 Å². The van der Waals surface area contributed by atoms with Gasteiger partial charge in [0.2, 0.25) is 0 Å². The molecule has 0 bridgehead atoms. The number of rotatable bonds is 0. The minimum atomic E-state index is 0. The summed E-state index contributed by atoms with van der Waals surface area (Å²) >= 11 is 0. The van der Waals surface area contributed by atoms with Gasteiger partial charge in [-0.1, -0.05) is 0 Å². The average molecular weight is 210 g/mol. The van der Waals surface area contributed by atoms with Gasteiger partial charge in [-0.15, -0.1) is 0 Å². The maximum atomic E-state index is 0. The SMILES string of the molecule is O.[Co+2].[OH-].[OH-].[OH-].[OH-].[Zn+2]. The Morgan fingerprint density at radius 2 is 0.571 bits per heavy atom. The van der Waals surface area contributed by atoms with E-state index in [1.54, 1.807) is 0 Å². The molecule has 1 radical (unpaired) electrons. The van der Waals surface area contributed by atoms with E-state index in [1.165, 1.54) is 0 Å². The summed E-state index contributed by atoms with van der Waals surface area (Å²) in [6, 6.07) is 0. The third kappa shape index (κ3) is 195. The van der Waals surface area contributed by atoms with Crippen molar-refractivity contribution >= 4 is 0 Å². The fraction of sp³-hybridized carbons (Fsp3) is 0. The second-order valence-corrected chi connectivity index (χ2v) is 0. The molecule has 0 unspecified atom stereocenters. The first kappa shape index (κ1) is 440. The van der Waals surface area contributed by atoms with Gasteiger partial charge in [0, 0.05) is 0 Å². The Labute approximate surface area is 64.0 Å². The van der Waals surface area contributed by atoms with Crippen molar-refractivity contribution in [1.29, 1.82) is 0 Å². The van der Waals surface area contributed by atoms with Crippen molar-refractivity contribution in [3.8, 4) is 0 Å². The zero-order valence-corrected chi connectivity index (χ0v) is 7.34. The van der Waals surface area contributed by atoms with Gasteiger partial charge in [0.05, 0.1) is 0 Å². The van der Waals surface area contributed by atoms with Gasteiger partial charge in [0.25, 0.3) is 0 Å². The summed E-state index contributed by atoms with van der Waals surface area (Å²) in [5.74, 6) is 0. The number of hydrogen-bond donors (Lipinski definition) is 0. The first-order valence-corrected chi connectivity index (χ1v) is 0. The minimum absolute atomic E-state index is 0. The molecule has 5 nitrogen and oxygen atoms in total. The second kappa shape index (κ2) is 282. The van der Waals surface area contributed by atoms with E-state index in [9.17, 15) is 0 Å². The van der Waals surface area contributed by atoms with Gasteiger partial charge in [-0.25, -0.2) is 0 Å². The van der Waals surface area contributed by atoms with Crippen LogP contribution in [0.4, 0.5) is 0 Å². The zero-order valence-electron chi connectivity index (χ0n) is 3.33. The van der Waals surface area contributed by atoms with Crippen LogP contribution in [0.5, 0.6) is 0 Å². The van der Waals surface area contributed by atoms with Crippen LogP contribution >= 0.6 is 0 Å². The van der Waals surface area contributed by atoms with Crippen molar-refractivity contribution < 1.29 is 63.6 Å². The largest absolute Gasteiger partial charge is 2.00 e. The predicted octanol–water partition coefficient (Wildman–Crippen LogP) is -1.54. The zero-order chi connectivity index (χ0) is 0. The summed E-state index contributed by atoms with van der Waals surface area (Å²) < 4.78 is 0. The third-order valence-corrected chi connectivity index (χ3v) is 0. The summed E-state index contributed by atoms with van der Waals surface area (Å²) in [7, 11) is 0. The van der Waals surface area contributed by atoms with E-state index < -0.39 is 0 Å². The topological polar surface area (TPSA) is 152 Å². The predicted molar refractivity (Wildman–Crippen MR) is 11.4 cm³/mol. The number of hydrogen-bond acceptors (Lipinski definition) is 4. The Hall–Kier alpha value is 0.930. The van der Waals surface area contributed by atoms with E-state index >= 15 is 0 Å². The molecule has 7 heavy (non-hydrogen) atoms. The standard InChI is InChI=1S/Co.5H2O.Zn/h;5*1H2;/q+2;;;;;;+2/p-4. The molecule has 7 heteroatoms. The van der Waals surface area contributed by atoms with Gasteiger partial charge >= 0.3 is 36.3 Å². The first-order chi connectivity index (χ1) is 0. The van der Waals surface area contributed by atoms with Gasteiger partial charge in [-0.3, -0.25) is 0 Å². The molecule has 0 aliphatic heterocycles. The van der Waals surface area contributed by atoms with Crippen molar-refractivity contribution in [1.82, 2.24) is 0 Å². The summed E-state index contributed by atoms with van der Waals surface area (Å²) in [6.07, 6.45) is 0. The van der Waals surface area contributed by atoms with Crippen molar-refractivity contribution in [2.45, 2.75) is 0 Å². The molecule has 0 aromatic heterocycles. The summed E-state index contributed by atoms with van der Waals surface area (Å²) in [5, 5.41) is 0. The molecule has 0 atom stereocenters. The van der Waals surface area contributed by atoms with E-state index in [4.69, 9.17) is 0 Å². The molecule has 0 aromatic carbocycles. The Morgan fingerprint density at radius 1 is 0.571 bits per heavy atom. The molecule has 6 N–H and O–H groups in total. The maximum absolute atomic E-state index is 0. The van der Waals surface area contributed by atoms with Gasteiger partial charge in [-0.2, -0.15) is 0 Å². The fourth-order valence-electron chi connectivity index (χ4n) is 0. The Morgan fingerprint density at radius 3 is 0.571 bits per heavy atom. The summed E-state index contributed by atoms with van der Waals surface area (Å²) in [4.78, 5) is 0. The first-order valence-electron chi connectivity index (χ1n) is 0. The van der Waals surface area contributed by atoms with Gasteiger partial charge in [0.1, 0.15) is 0 Å². The Kier molecular flexibility index (Phi) is 17700. The van der Waals surface area contributed by atoms with Crippen LogP contribution in [-0.4, -0.2) is 27.4 Å². The minimum Gasteiger partial charge on any atom is -0.870 e. The molecule has 0 saturated carbocycles. The molecule has 0 spiro atoms. The van der Waals surface area contributed by atoms with Crippen LogP contribution < -0.4 is 0 Å². The van der Waals surface area contributed by atoms with Crippen molar-refractivity contribution in [2.24, 2.45) is 0 Å². The molecule has 0 saturated heterocycles. The van der Waals surface area contributed by atoms with Crippen LogP contribution in [0, 0.1) is 0 Å². The monoisotopic (exact) mass is 209 g/mol. The normalized spacial score (nSPS) is 0. The van der Waals surface area contributed by atoms with E-state index in [0.717, 1.165) is 0 Å². The Bertz CT molecular complexity index is 8.04. The van der Waals surface area contributed by atoms with Crippen LogP contribution in [0.15, 0.2) is 0 Å². The summed E-state index contributed by atoms with van der Waals surface area (Å²) in [5.41, 5.74) is 0. The van der Waals surface area contributed by atoms with E-state index in [-0.39, 0.29) is 63.6 Å². The van der Waals surface area contributed by atoms with Crippen molar-refractivity contribution in [2.75, 3.05) is 0 Å². The van der Waals surface area contributed by atoms with Gasteiger partial charge < -0.3 is 27.4 Å². The van der Waals surface area contributed by atoms with E-state index in [2.05, 4.69) is 0 Å². The van der Waals surface area contributed by atoms with Crippen LogP contribution in [0.2, 0.25) is 0 Å². The molecule has 0 heterocycles. The molecule has 0 aliphatic carbocycles. The molecule has 47 valence electrons. The van der Waals surface area contributed by atoms with E-state index in [1.807, 2.05) is 0 Å². The third-order valence-electron chi connectivity index (χ3n) is 0. The molecule has 0 rings (SSSR count). The summed E-state index contributed by atoms with van der Waals surface area (Å²) in [6.45, 7) is 0. The van der Waals surface area contributed by atoms with Crippen molar-refractivity contribution in [3.63, 3.8) is 0 Å². The van der Waals surface area contributed by atoms with Gasteiger partial charge in [0.15, 0.2) is 0 Å². The van der Waals surface area contributed by atoms with Crippen LogP contribution in [0.1, 0.15) is 0 Å². The van der Waals surface area contributed by atoms with Crippen LogP contribution in [-0.2, 0) is 36.3 Å². The Balaban J connectivity index is 0. The maximum Gasteiger partial charge on any atom is 2.00 e. The average Bonchev–Trinajstić information content (AvgIpc) is 0. The molecule has 0 aliphatic rings. The molecule has 0 amide bonds. The fourth-order valence-corrected chi connectivity index (χ4v) is 0. The molecular weight excluding hydrogens is 204 g/mol. The molecule has 0 aromatic rings. The molecule has 0 fully saturated rings. The quantitative estimate of drug-likeness (QED) is 0.445. The van der Waals surface area contributed by atoms with E-state index in [0.29, 0.717) is 0 Å². The second-order valence-electron chi connectivity index (χ2n) is 0. The van der Waals surface area contributed by atoms with Crippen LogP contribution in [0.3, 0.4) is 0 Å².